The van der Waals surface area contributed by atoms with E-state index in [0.717, 1.165) is 12.1 Å². The summed E-state index contributed by atoms with van der Waals surface area (Å²) in [7, 11) is 0. The molecule has 2 N–H and O–H groups in total. The van der Waals surface area contributed by atoms with Crippen LogP contribution in [-0.2, 0) is 0 Å². The number of halogens is 3. The van der Waals surface area contributed by atoms with Crippen molar-refractivity contribution in [3.8, 4) is 5.75 Å². The van der Waals surface area contributed by atoms with Gasteiger partial charge in [-0.25, -0.2) is 4.39 Å². The fourth-order valence-electron chi connectivity index (χ4n) is 1.46. The maximum absolute atomic E-state index is 13.5. The summed E-state index contributed by atoms with van der Waals surface area (Å²) in [5, 5.41) is 11.9. The number of carbonyl (C=O) groups is 1. The standard InChI is InChI=1S/C13H8Cl2FNO2/c14-8-3-1-2-7(4-8)13(19)17-11-5-9(15)12(18)6-10(11)16/h1-6,18H,(H,17,19). The minimum atomic E-state index is -0.780. The van der Waals surface area contributed by atoms with E-state index >= 15 is 0 Å². The molecule has 6 heteroatoms. The topological polar surface area (TPSA) is 49.3 Å². The number of phenolic OH excluding ortho intramolecular Hbond substituents is 1. The lowest BCUT2D eigenvalue weighted by molar-refractivity contribution is 0.102. The van der Waals surface area contributed by atoms with Crippen molar-refractivity contribution in [3.05, 3.63) is 57.8 Å². The molecule has 0 fully saturated rings. The van der Waals surface area contributed by atoms with E-state index in [-0.39, 0.29) is 22.0 Å². The molecule has 0 radical (unpaired) electrons. The van der Waals surface area contributed by atoms with Gasteiger partial charge in [-0.1, -0.05) is 29.3 Å². The van der Waals surface area contributed by atoms with Crippen LogP contribution in [0.2, 0.25) is 10.0 Å². The van der Waals surface area contributed by atoms with Crippen molar-refractivity contribution in [1.82, 2.24) is 0 Å². The second-order valence-electron chi connectivity index (χ2n) is 3.75. The highest BCUT2D eigenvalue weighted by Crippen LogP contribution is 2.29. The van der Waals surface area contributed by atoms with E-state index in [1.165, 1.54) is 6.07 Å². The summed E-state index contributed by atoms with van der Waals surface area (Å²) in [6.45, 7) is 0. The molecule has 0 saturated heterocycles. The van der Waals surface area contributed by atoms with E-state index < -0.39 is 11.7 Å². The molecule has 0 aliphatic heterocycles. The maximum Gasteiger partial charge on any atom is 0.255 e. The lowest BCUT2D eigenvalue weighted by atomic mass is 10.2. The Morgan fingerprint density at radius 1 is 1.21 bits per heavy atom. The SMILES string of the molecule is O=C(Nc1cc(Cl)c(O)cc1F)c1cccc(Cl)c1. The summed E-state index contributed by atoms with van der Waals surface area (Å²) in [5.41, 5.74) is 0.170. The number of nitrogens with one attached hydrogen (secondary N) is 1. The molecular formula is C13H8Cl2FNO2. The van der Waals surface area contributed by atoms with Crippen molar-refractivity contribution >= 4 is 34.8 Å². The summed E-state index contributed by atoms with van der Waals surface area (Å²) in [6, 6.07) is 8.19. The average Bonchev–Trinajstić information content (AvgIpc) is 2.36. The third-order valence-corrected chi connectivity index (χ3v) is 2.91. The van der Waals surface area contributed by atoms with Gasteiger partial charge in [0.05, 0.1) is 10.7 Å². The minimum absolute atomic E-state index is 0.0530. The van der Waals surface area contributed by atoms with Crippen LogP contribution in [0, 0.1) is 5.82 Å². The van der Waals surface area contributed by atoms with Crippen LogP contribution in [0.25, 0.3) is 0 Å². The first-order chi connectivity index (χ1) is 8.97. The number of carbonyl (C=O) groups excluding carboxylic acids is 1. The van der Waals surface area contributed by atoms with Crippen molar-refractivity contribution in [2.24, 2.45) is 0 Å². The van der Waals surface area contributed by atoms with Gasteiger partial charge in [-0.3, -0.25) is 4.79 Å². The zero-order chi connectivity index (χ0) is 14.0. The average molecular weight is 300 g/mol. The van der Waals surface area contributed by atoms with E-state index in [1.54, 1.807) is 18.2 Å². The fourth-order valence-corrected chi connectivity index (χ4v) is 1.81. The first-order valence-corrected chi connectivity index (χ1v) is 5.98. The van der Waals surface area contributed by atoms with Gasteiger partial charge in [0.1, 0.15) is 5.75 Å². The van der Waals surface area contributed by atoms with Crippen molar-refractivity contribution < 1.29 is 14.3 Å². The highest BCUT2D eigenvalue weighted by Gasteiger charge is 2.12. The number of phenols is 1. The molecule has 0 aliphatic carbocycles. The lowest BCUT2D eigenvalue weighted by Crippen LogP contribution is -2.12. The molecule has 0 heterocycles. The van der Waals surface area contributed by atoms with Gasteiger partial charge in [0.2, 0.25) is 0 Å². The Balaban J connectivity index is 2.27. The monoisotopic (exact) mass is 299 g/mol. The van der Waals surface area contributed by atoms with E-state index in [4.69, 9.17) is 23.2 Å². The van der Waals surface area contributed by atoms with Crippen molar-refractivity contribution in [3.63, 3.8) is 0 Å². The quantitative estimate of drug-likeness (QED) is 0.821. The van der Waals surface area contributed by atoms with Gasteiger partial charge in [0, 0.05) is 16.7 Å². The van der Waals surface area contributed by atoms with Gasteiger partial charge in [-0.05, 0) is 24.3 Å². The molecule has 0 unspecified atom stereocenters. The molecule has 2 aromatic carbocycles. The molecule has 0 bridgehead atoms. The molecule has 1 amide bonds. The van der Waals surface area contributed by atoms with Gasteiger partial charge >= 0.3 is 0 Å². The second-order valence-corrected chi connectivity index (χ2v) is 4.59. The summed E-state index contributed by atoms with van der Waals surface area (Å²) in [5.74, 6) is -1.69. The third-order valence-electron chi connectivity index (χ3n) is 2.37. The number of benzene rings is 2. The molecule has 2 rings (SSSR count). The Kier molecular flexibility index (Phi) is 3.93. The predicted octanol–water partition coefficient (Wildman–Crippen LogP) is 4.09. The number of hydrogen-bond donors (Lipinski definition) is 2. The van der Waals surface area contributed by atoms with Crippen molar-refractivity contribution in [1.29, 1.82) is 0 Å². The lowest BCUT2D eigenvalue weighted by Gasteiger charge is -2.08. The Morgan fingerprint density at radius 2 is 1.95 bits per heavy atom. The number of hydrogen-bond acceptors (Lipinski definition) is 2. The summed E-state index contributed by atoms with van der Waals surface area (Å²) in [4.78, 5) is 11.9. The molecule has 0 saturated carbocycles. The predicted molar refractivity (Wildman–Crippen MR) is 72.5 cm³/mol. The molecular weight excluding hydrogens is 292 g/mol. The molecule has 0 spiro atoms. The van der Waals surface area contributed by atoms with Gasteiger partial charge < -0.3 is 10.4 Å². The Hall–Kier alpha value is -1.78. The highest BCUT2D eigenvalue weighted by atomic mass is 35.5. The van der Waals surface area contributed by atoms with Gasteiger partial charge in [0.25, 0.3) is 5.91 Å². The van der Waals surface area contributed by atoms with Gasteiger partial charge in [-0.15, -0.1) is 0 Å². The van der Waals surface area contributed by atoms with Crippen LogP contribution < -0.4 is 5.32 Å². The summed E-state index contributed by atoms with van der Waals surface area (Å²) in [6.07, 6.45) is 0. The van der Waals surface area contributed by atoms with E-state index in [9.17, 15) is 14.3 Å². The Morgan fingerprint density at radius 3 is 2.63 bits per heavy atom. The summed E-state index contributed by atoms with van der Waals surface area (Å²) >= 11 is 11.4. The van der Waals surface area contributed by atoms with Crippen LogP contribution in [0.4, 0.5) is 10.1 Å². The number of rotatable bonds is 2. The fraction of sp³-hybridized carbons (Fsp3) is 0. The Labute approximate surface area is 118 Å². The molecule has 0 atom stereocenters. The van der Waals surface area contributed by atoms with Crippen LogP contribution in [0.1, 0.15) is 10.4 Å². The van der Waals surface area contributed by atoms with Crippen LogP contribution in [0.15, 0.2) is 36.4 Å². The first-order valence-electron chi connectivity index (χ1n) is 5.22. The van der Waals surface area contributed by atoms with Crippen LogP contribution in [-0.4, -0.2) is 11.0 Å². The summed E-state index contributed by atoms with van der Waals surface area (Å²) < 4.78 is 13.5. The molecule has 98 valence electrons. The number of amides is 1. The second kappa shape index (κ2) is 5.47. The Bertz CT molecular complexity index is 647. The molecule has 2 aromatic rings. The van der Waals surface area contributed by atoms with E-state index in [2.05, 4.69) is 5.32 Å². The van der Waals surface area contributed by atoms with Gasteiger partial charge in [-0.2, -0.15) is 0 Å². The molecule has 19 heavy (non-hydrogen) atoms. The smallest absolute Gasteiger partial charge is 0.255 e. The van der Waals surface area contributed by atoms with Crippen LogP contribution >= 0.6 is 23.2 Å². The van der Waals surface area contributed by atoms with Gasteiger partial charge in [0.15, 0.2) is 5.82 Å². The van der Waals surface area contributed by atoms with E-state index in [0.29, 0.717) is 5.02 Å². The first kappa shape index (κ1) is 13.6. The van der Waals surface area contributed by atoms with Crippen LogP contribution in [0.3, 0.4) is 0 Å². The highest BCUT2D eigenvalue weighted by molar-refractivity contribution is 6.32. The maximum atomic E-state index is 13.5. The molecule has 3 nitrogen and oxygen atoms in total. The minimum Gasteiger partial charge on any atom is -0.506 e. The number of aromatic hydroxyl groups is 1. The third kappa shape index (κ3) is 3.16. The largest absolute Gasteiger partial charge is 0.506 e. The van der Waals surface area contributed by atoms with E-state index in [1.807, 2.05) is 0 Å². The molecule has 0 aromatic heterocycles. The normalized spacial score (nSPS) is 10.3. The van der Waals surface area contributed by atoms with Crippen molar-refractivity contribution in [2.45, 2.75) is 0 Å². The van der Waals surface area contributed by atoms with Crippen LogP contribution in [0.5, 0.6) is 5.75 Å². The molecule has 0 aliphatic rings. The zero-order valence-corrected chi connectivity index (χ0v) is 11.0. The number of anilines is 1. The van der Waals surface area contributed by atoms with Crippen molar-refractivity contribution in [2.75, 3.05) is 5.32 Å². The zero-order valence-electron chi connectivity index (χ0n) is 9.45.